The number of amides is 1. The van der Waals surface area contributed by atoms with E-state index in [0.717, 1.165) is 0 Å². The van der Waals surface area contributed by atoms with Gasteiger partial charge in [0.05, 0.1) is 13.2 Å². The van der Waals surface area contributed by atoms with E-state index >= 15 is 0 Å². The lowest BCUT2D eigenvalue weighted by Gasteiger charge is -2.35. The Morgan fingerprint density at radius 2 is 1.88 bits per heavy atom. The summed E-state index contributed by atoms with van der Waals surface area (Å²) in [5.41, 5.74) is -0.141. The first-order valence-electron chi connectivity index (χ1n) is 5.53. The highest BCUT2D eigenvalue weighted by Crippen LogP contribution is 2.16. The molecule has 0 spiro atoms. The zero-order valence-corrected chi connectivity index (χ0v) is 11.1. The van der Waals surface area contributed by atoms with Gasteiger partial charge in [-0.2, -0.15) is 0 Å². The van der Waals surface area contributed by atoms with Gasteiger partial charge in [0.25, 0.3) is 0 Å². The lowest BCUT2D eigenvalue weighted by atomic mass is 10.0. The Morgan fingerprint density at radius 1 is 1.35 bits per heavy atom. The first kappa shape index (κ1) is 15.4. The Morgan fingerprint density at radius 3 is 2.24 bits per heavy atom. The number of carbonyl (C=O) groups excluding carboxylic acids is 2. The molecule has 0 saturated carbocycles. The number of rotatable bonds is 5. The molecule has 0 aromatic rings. The highest BCUT2D eigenvalue weighted by atomic mass is 16.5. The van der Waals surface area contributed by atoms with Gasteiger partial charge in [0.1, 0.15) is 0 Å². The van der Waals surface area contributed by atoms with Crippen LogP contribution in [0.15, 0.2) is 24.8 Å². The Labute approximate surface area is 103 Å². The van der Waals surface area contributed by atoms with Crippen LogP contribution in [0.5, 0.6) is 0 Å². The van der Waals surface area contributed by atoms with Crippen LogP contribution in [0.3, 0.4) is 0 Å². The van der Waals surface area contributed by atoms with Crippen LogP contribution in [-0.4, -0.2) is 35.5 Å². The van der Waals surface area contributed by atoms with Crippen molar-refractivity contribution < 1.29 is 14.3 Å². The lowest BCUT2D eigenvalue weighted by molar-refractivity contribution is -0.139. The van der Waals surface area contributed by atoms with Crippen LogP contribution in [-0.2, 0) is 14.3 Å². The second kappa shape index (κ2) is 6.23. The Kier molecular flexibility index (Phi) is 5.65. The number of carbonyl (C=O) groups is 2. The Balaban J connectivity index is 4.78. The van der Waals surface area contributed by atoms with Crippen molar-refractivity contribution in [3.63, 3.8) is 0 Å². The minimum Gasteiger partial charge on any atom is -0.463 e. The molecule has 0 radical (unpaired) electrons. The molecule has 0 aromatic heterocycles. The largest absolute Gasteiger partial charge is 0.463 e. The maximum atomic E-state index is 11.7. The average Bonchev–Trinajstić information content (AvgIpc) is 2.23. The summed E-state index contributed by atoms with van der Waals surface area (Å²) in [6.45, 7) is 14.9. The summed E-state index contributed by atoms with van der Waals surface area (Å²) in [6.07, 6.45) is 1.23. The van der Waals surface area contributed by atoms with Crippen LogP contribution in [0.2, 0.25) is 0 Å². The molecule has 1 amide bonds. The molecule has 0 bridgehead atoms. The van der Waals surface area contributed by atoms with E-state index in [-0.39, 0.29) is 18.0 Å². The van der Waals surface area contributed by atoms with Crippen molar-refractivity contribution in [1.82, 2.24) is 4.90 Å². The average molecular weight is 239 g/mol. The Hall–Kier alpha value is -1.58. The maximum Gasteiger partial charge on any atom is 0.335 e. The van der Waals surface area contributed by atoms with E-state index in [2.05, 4.69) is 13.2 Å². The third-order valence-electron chi connectivity index (χ3n) is 2.16. The molecule has 0 N–H and O–H groups in total. The fourth-order valence-electron chi connectivity index (χ4n) is 1.24. The monoisotopic (exact) mass is 239 g/mol. The van der Waals surface area contributed by atoms with Crippen LogP contribution in [0.4, 0.5) is 0 Å². The first-order chi connectivity index (χ1) is 7.73. The number of hydrogen-bond donors (Lipinski definition) is 0. The van der Waals surface area contributed by atoms with E-state index < -0.39 is 11.5 Å². The quantitative estimate of drug-likeness (QED) is 0.544. The van der Waals surface area contributed by atoms with E-state index in [1.54, 1.807) is 6.92 Å². The van der Waals surface area contributed by atoms with Gasteiger partial charge in [-0.05, 0) is 33.8 Å². The molecule has 0 rings (SSSR count). The molecule has 0 fully saturated rings. The van der Waals surface area contributed by atoms with Gasteiger partial charge in [-0.3, -0.25) is 4.79 Å². The number of nitrogens with zero attached hydrogens (tertiary/aromatic N) is 1. The van der Waals surface area contributed by atoms with E-state index in [1.165, 1.54) is 11.0 Å². The summed E-state index contributed by atoms with van der Waals surface area (Å²) in [5.74, 6) is -0.707. The summed E-state index contributed by atoms with van der Waals surface area (Å²) in [7, 11) is 0. The zero-order valence-electron chi connectivity index (χ0n) is 11.1. The third-order valence-corrected chi connectivity index (χ3v) is 2.16. The van der Waals surface area contributed by atoms with Crippen molar-refractivity contribution in [2.45, 2.75) is 33.2 Å². The first-order valence-corrected chi connectivity index (χ1v) is 5.53. The third kappa shape index (κ3) is 4.85. The molecule has 0 aliphatic rings. The molecule has 0 aromatic carbocycles. The van der Waals surface area contributed by atoms with Gasteiger partial charge in [-0.25, -0.2) is 4.79 Å². The predicted octanol–water partition coefficient (Wildman–Crippen LogP) is 1.92. The second-order valence-corrected chi connectivity index (χ2v) is 4.62. The summed E-state index contributed by atoms with van der Waals surface area (Å²) in [5, 5.41) is 0. The number of ether oxygens (including phenoxy) is 1. The highest BCUT2D eigenvalue weighted by Gasteiger charge is 2.26. The van der Waals surface area contributed by atoms with Crippen LogP contribution < -0.4 is 0 Å². The van der Waals surface area contributed by atoms with Crippen molar-refractivity contribution in [2.75, 3.05) is 13.2 Å². The highest BCUT2D eigenvalue weighted by molar-refractivity contribution is 5.91. The van der Waals surface area contributed by atoms with Gasteiger partial charge >= 0.3 is 5.97 Å². The lowest BCUT2D eigenvalue weighted by Crippen LogP contribution is -2.46. The van der Waals surface area contributed by atoms with Crippen molar-refractivity contribution in [2.24, 2.45) is 0 Å². The van der Waals surface area contributed by atoms with Crippen LogP contribution in [0, 0.1) is 0 Å². The summed E-state index contributed by atoms with van der Waals surface area (Å²) in [4.78, 5) is 24.6. The van der Waals surface area contributed by atoms with Gasteiger partial charge in [-0.15, -0.1) is 0 Å². The van der Waals surface area contributed by atoms with Crippen LogP contribution >= 0.6 is 0 Å². The van der Waals surface area contributed by atoms with Crippen LogP contribution in [0.25, 0.3) is 0 Å². The minimum atomic E-state index is -0.474. The van der Waals surface area contributed by atoms with Gasteiger partial charge in [0.15, 0.2) is 0 Å². The van der Waals surface area contributed by atoms with Gasteiger partial charge in [-0.1, -0.05) is 13.2 Å². The molecule has 0 heterocycles. The topological polar surface area (TPSA) is 46.6 Å². The smallest absolute Gasteiger partial charge is 0.335 e. The molecular weight excluding hydrogens is 218 g/mol. The fourth-order valence-corrected chi connectivity index (χ4v) is 1.24. The fraction of sp³-hybridized carbons (Fsp3) is 0.538. The van der Waals surface area contributed by atoms with E-state index in [9.17, 15) is 9.59 Å². The predicted molar refractivity (Wildman–Crippen MR) is 67.4 cm³/mol. The molecular formula is C13H21NO3. The molecule has 4 heteroatoms. The van der Waals surface area contributed by atoms with Crippen molar-refractivity contribution in [1.29, 1.82) is 0 Å². The van der Waals surface area contributed by atoms with Crippen LogP contribution in [0.1, 0.15) is 27.7 Å². The second-order valence-electron chi connectivity index (χ2n) is 4.62. The van der Waals surface area contributed by atoms with Crippen molar-refractivity contribution in [3.8, 4) is 0 Å². The SMILES string of the molecule is C=CC(=O)N(CC(=C)C(=O)OCC)C(C)(C)C. The van der Waals surface area contributed by atoms with E-state index in [0.29, 0.717) is 6.61 Å². The molecule has 0 atom stereocenters. The maximum absolute atomic E-state index is 11.7. The normalized spacial score (nSPS) is 10.6. The minimum absolute atomic E-state index is 0.146. The standard InChI is InChI=1S/C13H21NO3/c1-7-11(15)14(13(4,5)6)9-10(3)12(16)17-8-2/h7H,1,3,8-9H2,2,4-6H3. The molecule has 96 valence electrons. The van der Waals surface area contributed by atoms with Gasteiger partial charge in [0.2, 0.25) is 5.91 Å². The molecule has 0 aliphatic carbocycles. The molecule has 0 unspecified atom stereocenters. The number of esters is 1. The van der Waals surface area contributed by atoms with Crippen molar-refractivity contribution in [3.05, 3.63) is 24.8 Å². The summed E-state index contributed by atoms with van der Waals surface area (Å²) < 4.78 is 4.83. The zero-order chi connectivity index (χ0) is 13.6. The summed E-state index contributed by atoms with van der Waals surface area (Å²) in [6, 6.07) is 0. The molecule has 0 aliphatic heterocycles. The van der Waals surface area contributed by atoms with Crippen molar-refractivity contribution >= 4 is 11.9 Å². The van der Waals surface area contributed by atoms with Gasteiger partial charge < -0.3 is 9.64 Å². The van der Waals surface area contributed by atoms with Gasteiger partial charge in [0, 0.05) is 11.1 Å². The molecule has 4 nitrogen and oxygen atoms in total. The van der Waals surface area contributed by atoms with E-state index in [4.69, 9.17) is 4.74 Å². The van der Waals surface area contributed by atoms with E-state index in [1.807, 2.05) is 20.8 Å². The molecule has 0 saturated heterocycles. The molecule has 17 heavy (non-hydrogen) atoms. The summed E-state index contributed by atoms with van der Waals surface area (Å²) >= 11 is 0. The number of hydrogen-bond acceptors (Lipinski definition) is 3. The Bertz CT molecular complexity index is 326.